The van der Waals surface area contributed by atoms with Crippen LogP contribution in [0.5, 0.6) is 0 Å². The number of carbonyl (C=O) groups excluding carboxylic acids is 2. The van der Waals surface area contributed by atoms with Crippen LogP contribution in [0, 0.1) is 5.41 Å². The number of esters is 2. The Balaban J connectivity index is 0.000000606. The first-order valence-electron chi connectivity index (χ1n) is 5.39. The van der Waals surface area contributed by atoms with Gasteiger partial charge < -0.3 is 4.74 Å². The molecule has 1 saturated heterocycles. The van der Waals surface area contributed by atoms with Crippen LogP contribution in [-0.4, -0.2) is 11.9 Å². The summed E-state index contributed by atoms with van der Waals surface area (Å²) in [6, 6.07) is 0. The minimum Gasteiger partial charge on any atom is -0.386 e. The van der Waals surface area contributed by atoms with Gasteiger partial charge in [-0.2, -0.15) is 0 Å². The quantitative estimate of drug-likeness (QED) is 0.465. The predicted molar refractivity (Wildman–Crippen MR) is 61.5 cm³/mol. The summed E-state index contributed by atoms with van der Waals surface area (Å²) in [6.45, 7) is 7.92. The Hall–Kier alpha value is -1.64. The molecule has 3 nitrogen and oxygen atoms in total. The van der Waals surface area contributed by atoms with Crippen molar-refractivity contribution in [1.29, 1.82) is 0 Å². The minimum atomic E-state index is -0.552. The van der Waals surface area contributed by atoms with Crippen molar-refractivity contribution in [3.8, 4) is 0 Å². The topological polar surface area (TPSA) is 43.4 Å². The molecule has 0 aromatic carbocycles. The zero-order valence-corrected chi connectivity index (χ0v) is 10.0. The van der Waals surface area contributed by atoms with Crippen LogP contribution in [0.1, 0.15) is 27.7 Å². The van der Waals surface area contributed by atoms with Crippen LogP contribution in [-0.2, 0) is 14.3 Å². The van der Waals surface area contributed by atoms with Crippen molar-refractivity contribution in [2.75, 3.05) is 0 Å². The van der Waals surface area contributed by atoms with E-state index in [0.717, 1.165) is 0 Å². The number of ether oxygens (including phenoxy) is 1. The van der Waals surface area contributed by atoms with E-state index in [1.807, 2.05) is 33.8 Å². The van der Waals surface area contributed by atoms with Crippen molar-refractivity contribution in [1.82, 2.24) is 0 Å². The second kappa shape index (κ2) is 4.47. The summed E-state index contributed by atoms with van der Waals surface area (Å²) in [6.07, 6.45) is 7.09. The predicted octanol–water partition coefficient (Wildman–Crippen LogP) is 2.54. The fourth-order valence-corrected chi connectivity index (χ4v) is 1.52. The van der Waals surface area contributed by atoms with E-state index in [9.17, 15) is 9.59 Å². The first-order chi connectivity index (χ1) is 7.49. The fraction of sp³-hybridized carbons (Fsp3) is 0.385. The molecule has 2 rings (SSSR count). The van der Waals surface area contributed by atoms with E-state index in [1.54, 1.807) is 18.2 Å². The van der Waals surface area contributed by atoms with E-state index in [1.165, 1.54) is 0 Å². The van der Waals surface area contributed by atoms with E-state index >= 15 is 0 Å². The maximum atomic E-state index is 11.3. The Kier molecular flexibility index (Phi) is 3.48. The van der Waals surface area contributed by atoms with Crippen molar-refractivity contribution in [3.63, 3.8) is 0 Å². The molecule has 3 heteroatoms. The lowest BCUT2D eigenvalue weighted by Gasteiger charge is -2.13. The molecule has 1 aliphatic carbocycles. The molecule has 0 aromatic rings. The number of carbonyl (C=O) groups is 2. The molecule has 1 aliphatic heterocycles. The number of hydrogen-bond acceptors (Lipinski definition) is 3. The number of rotatable bonds is 0. The van der Waals surface area contributed by atoms with Gasteiger partial charge in [-0.25, -0.2) is 9.59 Å². The van der Waals surface area contributed by atoms with E-state index < -0.39 is 11.9 Å². The minimum absolute atomic E-state index is 0.225. The lowest BCUT2D eigenvalue weighted by molar-refractivity contribution is -0.149. The standard InChI is InChI=1S/C11H10O3.C2H6/c1-11(2)5-3-4-7-8(6-11)10(13)14-9(7)12;1-2/h3-6H,1-2H3;1-2H3. The molecule has 1 heterocycles. The van der Waals surface area contributed by atoms with Gasteiger partial charge in [0.1, 0.15) is 0 Å². The van der Waals surface area contributed by atoms with E-state index in [-0.39, 0.29) is 5.41 Å². The molecular weight excluding hydrogens is 204 g/mol. The van der Waals surface area contributed by atoms with Gasteiger partial charge in [-0.15, -0.1) is 0 Å². The summed E-state index contributed by atoms with van der Waals surface area (Å²) >= 11 is 0. The molecule has 0 saturated carbocycles. The van der Waals surface area contributed by atoms with Crippen LogP contribution in [0.25, 0.3) is 0 Å². The maximum Gasteiger partial charge on any atom is 0.346 e. The summed E-state index contributed by atoms with van der Waals surface area (Å²) in [5.41, 5.74) is 0.513. The summed E-state index contributed by atoms with van der Waals surface area (Å²) < 4.78 is 4.51. The monoisotopic (exact) mass is 220 g/mol. The Morgan fingerprint density at radius 1 is 1.06 bits per heavy atom. The summed E-state index contributed by atoms with van der Waals surface area (Å²) in [5.74, 6) is -1.10. The molecular formula is C13H16O3. The summed E-state index contributed by atoms with van der Waals surface area (Å²) in [7, 11) is 0. The van der Waals surface area contributed by atoms with Crippen LogP contribution < -0.4 is 0 Å². The smallest absolute Gasteiger partial charge is 0.346 e. The maximum absolute atomic E-state index is 11.3. The van der Waals surface area contributed by atoms with Crippen LogP contribution in [0.3, 0.4) is 0 Å². The van der Waals surface area contributed by atoms with Gasteiger partial charge in [0, 0.05) is 5.41 Å². The molecule has 0 spiro atoms. The molecule has 2 aliphatic rings. The van der Waals surface area contributed by atoms with Gasteiger partial charge in [0.2, 0.25) is 0 Å². The van der Waals surface area contributed by atoms with Crippen LogP contribution in [0.2, 0.25) is 0 Å². The summed E-state index contributed by atoms with van der Waals surface area (Å²) in [5, 5.41) is 0. The third kappa shape index (κ3) is 2.30. The Morgan fingerprint density at radius 3 is 2.25 bits per heavy atom. The van der Waals surface area contributed by atoms with Gasteiger partial charge in [0.15, 0.2) is 0 Å². The van der Waals surface area contributed by atoms with Crippen molar-refractivity contribution in [3.05, 3.63) is 35.5 Å². The van der Waals surface area contributed by atoms with E-state index in [2.05, 4.69) is 4.74 Å². The first-order valence-corrected chi connectivity index (χ1v) is 5.39. The molecule has 16 heavy (non-hydrogen) atoms. The highest BCUT2D eigenvalue weighted by Crippen LogP contribution is 2.31. The highest BCUT2D eigenvalue weighted by atomic mass is 16.6. The number of hydrogen-bond donors (Lipinski definition) is 0. The molecule has 0 bridgehead atoms. The molecule has 0 radical (unpaired) electrons. The second-order valence-electron chi connectivity index (χ2n) is 4.00. The van der Waals surface area contributed by atoms with Crippen LogP contribution in [0.15, 0.2) is 35.5 Å². The van der Waals surface area contributed by atoms with Gasteiger partial charge in [0.05, 0.1) is 11.1 Å². The third-order valence-corrected chi connectivity index (χ3v) is 2.22. The Bertz CT molecular complexity index is 409. The first kappa shape index (κ1) is 12.4. The average molecular weight is 220 g/mol. The highest BCUT2D eigenvalue weighted by Gasteiger charge is 2.35. The average Bonchev–Trinajstić information content (AvgIpc) is 2.40. The molecule has 0 unspecified atom stereocenters. The molecule has 1 fully saturated rings. The highest BCUT2D eigenvalue weighted by molar-refractivity contribution is 6.18. The lowest BCUT2D eigenvalue weighted by atomic mass is 9.90. The molecule has 86 valence electrons. The number of allylic oxidation sites excluding steroid dienone is 4. The van der Waals surface area contributed by atoms with E-state index in [4.69, 9.17) is 0 Å². The van der Waals surface area contributed by atoms with Gasteiger partial charge >= 0.3 is 11.9 Å². The Morgan fingerprint density at radius 2 is 1.62 bits per heavy atom. The second-order valence-corrected chi connectivity index (χ2v) is 4.00. The van der Waals surface area contributed by atoms with Gasteiger partial charge in [-0.05, 0) is 6.08 Å². The van der Waals surface area contributed by atoms with Crippen LogP contribution >= 0.6 is 0 Å². The number of cyclic esters (lactones) is 2. The summed E-state index contributed by atoms with van der Waals surface area (Å²) in [4.78, 5) is 22.5. The zero-order valence-electron chi connectivity index (χ0n) is 10.0. The third-order valence-electron chi connectivity index (χ3n) is 2.22. The van der Waals surface area contributed by atoms with Gasteiger partial charge in [-0.1, -0.05) is 45.9 Å². The van der Waals surface area contributed by atoms with E-state index in [0.29, 0.717) is 11.1 Å². The van der Waals surface area contributed by atoms with Crippen molar-refractivity contribution >= 4 is 11.9 Å². The normalized spacial score (nSPS) is 21.0. The molecule has 0 amide bonds. The van der Waals surface area contributed by atoms with Crippen molar-refractivity contribution in [2.45, 2.75) is 27.7 Å². The van der Waals surface area contributed by atoms with Crippen molar-refractivity contribution < 1.29 is 14.3 Å². The fourth-order valence-electron chi connectivity index (χ4n) is 1.52. The number of fused-ring (bicyclic) bond motifs is 1. The van der Waals surface area contributed by atoms with Crippen molar-refractivity contribution in [2.24, 2.45) is 5.41 Å². The Labute approximate surface area is 95.5 Å². The zero-order chi connectivity index (χ0) is 12.3. The molecule has 0 N–H and O–H groups in total. The van der Waals surface area contributed by atoms with Crippen LogP contribution in [0.4, 0.5) is 0 Å². The largest absolute Gasteiger partial charge is 0.386 e. The molecule has 0 aromatic heterocycles. The SMILES string of the molecule is CC.CC1(C)C=CC=C2C(=O)OC(=O)C2=C1. The molecule has 0 atom stereocenters. The van der Waals surface area contributed by atoms with Gasteiger partial charge in [0.25, 0.3) is 0 Å². The van der Waals surface area contributed by atoms with Gasteiger partial charge in [-0.3, -0.25) is 0 Å². The lowest BCUT2D eigenvalue weighted by Crippen LogP contribution is -2.05.